The number of nitrogens with one attached hydrogen (secondary N) is 4. The van der Waals surface area contributed by atoms with Gasteiger partial charge in [-0.3, -0.25) is 4.79 Å². The second-order valence-corrected chi connectivity index (χ2v) is 4.29. The molecular formula is C14H20N4O4. The van der Waals surface area contributed by atoms with Gasteiger partial charge in [0.2, 0.25) is 5.91 Å². The smallest absolute Gasteiger partial charge is 0.407 e. The van der Waals surface area contributed by atoms with Crippen LogP contribution in [0.15, 0.2) is 24.3 Å². The molecule has 8 heteroatoms. The molecule has 8 nitrogen and oxygen atoms in total. The van der Waals surface area contributed by atoms with Crippen LogP contribution >= 0.6 is 0 Å². The lowest BCUT2D eigenvalue weighted by molar-refractivity contribution is -0.114. The molecule has 22 heavy (non-hydrogen) atoms. The third-order valence-corrected chi connectivity index (χ3v) is 2.40. The topological polar surface area (TPSA) is 109 Å². The molecule has 1 rings (SSSR count). The summed E-state index contributed by atoms with van der Waals surface area (Å²) in [5.74, 6) is -0.188. The fraction of sp³-hybridized carbons (Fsp3) is 0.357. The lowest BCUT2D eigenvalue weighted by Crippen LogP contribution is -2.37. The first-order valence-electron chi connectivity index (χ1n) is 6.84. The van der Waals surface area contributed by atoms with E-state index in [0.717, 1.165) is 0 Å². The minimum absolute atomic E-state index is 0.188. The number of urea groups is 1. The van der Waals surface area contributed by atoms with E-state index in [9.17, 15) is 14.4 Å². The van der Waals surface area contributed by atoms with Crippen molar-refractivity contribution in [3.8, 4) is 0 Å². The van der Waals surface area contributed by atoms with Crippen LogP contribution in [0.1, 0.15) is 13.8 Å². The van der Waals surface area contributed by atoms with Crippen molar-refractivity contribution in [1.29, 1.82) is 0 Å². The first kappa shape index (κ1) is 17.3. The Morgan fingerprint density at radius 2 is 1.68 bits per heavy atom. The van der Waals surface area contributed by atoms with Gasteiger partial charge in [0, 0.05) is 31.4 Å². The second-order valence-electron chi connectivity index (χ2n) is 4.29. The van der Waals surface area contributed by atoms with Crippen LogP contribution in [0.4, 0.5) is 21.0 Å². The summed E-state index contributed by atoms with van der Waals surface area (Å²) in [5.41, 5.74) is 1.14. The van der Waals surface area contributed by atoms with E-state index in [4.69, 9.17) is 0 Å². The van der Waals surface area contributed by atoms with Crippen LogP contribution in [0.2, 0.25) is 0 Å². The summed E-state index contributed by atoms with van der Waals surface area (Å²) in [6.45, 7) is 3.93. The highest BCUT2D eigenvalue weighted by Crippen LogP contribution is 2.14. The zero-order chi connectivity index (χ0) is 16.4. The molecule has 0 aliphatic carbocycles. The Labute approximate surface area is 128 Å². The number of anilines is 2. The third kappa shape index (κ3) is 7.13. The molecule has 0 aliphatic rings. The third-order valence-electron chi connectivity index (χ3n) is 2.40. The largest absolute Gasteiger partial charge is 0.450 e. The van der Waals surface area contributed by atoms with Gasteiger partial charge in [0.05, 0.1) is 6.61 Å². The molecule has 4 N–H and O–H groups in total. The van der Waals surface area contributed by atoms with Crippen LogP contribution < -0.4 is 21.3 Å². The molecule has 1 aromatic rings. The molecule has 0 spiro atoms. The van der Waals surface area contributed by atoms with E-state index >= 15 is 0 Å². The Bertz CT molecular complexity index is 533. The van der Waals surface area contributed by atoms with Gasteiger partial charge >= 0.3 is 12.1 Å². The molecule has 1 aromatic carbocycles. The molecule has 0 heterocycles. The Morgan fingerprint density at radius 1 is 1.05 bits per heavy atom. The zero-order valence-electron chi connectivity index (χ0n) is 12.6. The Morgan fingerprint density at radius 3 is 2.32 bits per heavy atom. The van der Waals surface area contributed by atoms with Crippen LogP contribution in [0, 0.1) is 0 Å². The van der Waals surface area contributed by atoms with Gasteiger partial charge in [-0.1, -0.05) is 6.07 Å². The van der Waals surface area contributed by atoms with Crippen molar-refractivity contribution in [1.82, 2.24) is 10.6 Å². The molecule has 0 bridgehead atoms. The summed E-state index contributed by atoms with van der Waals surface area (Å²) in [6, 6.07) is 6.35. The molecule has 0 aliphatic heterocycles. The summed E-state index contributed by atoms with van der Waals surface area (Å²) in [7, 11) is 0. The van der Waals surface area contributed by atoms with E-state index in [1.54, 1.807) is 31.2 Å². The number of hydrogen-bond donors (Lipinski definition) is 4. The number of benzene rings is 1. The van der Waals surface area contributed by atoms with Crippen molar-refractivity contribution in [2.24, 2.45) is 0 Å². The van der Waals surface area contributed by atoms with Crippen LogP contribution in [0.3, 0.4) is 0 Å². The normalized spacial score (nSPS) is 9.55. The van der Waals surface area contributed by atoms with Crippen LogP contribution in [-0.2, 0) is 9.53 Å². The van der Waals surface area contributed by atoms with Gasteiger partial charge in [-0.05, 0) is 25.1 Å². The number of alkyl carbamates (subject to hydrolysis) is 1. The highest BCUT2D eigenvalue weighted by molar-refractivity contribution is 5.92. The maximum atomic E-state index is 11.7. The molecular weight excluding hydrogens is 288 g/mol. The second kappa shape index (κ2) is 9.22. The first-order valence-corrected chi connectivity index (χ1v) is 6.84. The average Bonchev–Trinajstić information content (AvgIpc) is 2.43. The maximum absolute atomic E-state index is 11.7. The fourth-order valence-electron chi connectivity index (χ4n) is 1.58. The zero-order valence-corrected chi connectivity index (χ0v) is 12.6. The van der Waals surface area contributed by atoms with E-state index in [0.29, 0.717) is 18.0 Å². The number of amides is 4. The van der Waals surface area contributed by atoms with Gasteiger partial charge in [0.1, 0.15) is 0 Å². The van der Waals surface area contributed by atoms with Crippen molar-refractivity contribution in [3.05, 3.63) is 24.3 Å². The highest BCUT2D eigenvalue weighted by atomic mass is 16.5. The van der Waals surface area contributed by atoms with E-state index in [-0.39, 0.29) is 19.0 Å². The van der Waals surface area contributed by atoms with Gasteiger partial charge < -0.3 is 26.0 Å². The monoisotopic (exact) mass is 308 g/mol. The van der Waals surface area contributed by atoms with E-state index in [1.165, 1.54) is 6.92 Å². The van der Waals surface area contributed by atoms with E-state index in [2.05, 4.69) is 26.0 Å². The van der Waals surface area contributed by atoms with Crippen molar-refractivity contribution >= 4 is 29.4 Å². The average molecular weight is 308 g/mol. The summed E-state index contributed by atoms with van der Waals surface area (Å²) < 4.78 is 4.68. The molecule has 0 unspecified atom stereocenters. The Hall–Kier alpha value is -2.77. The molecule has 0 radical (unpaired) electrons. The van der Waals surface area contributed by atoms with Crippen LogP contribution in [-0.4, -0.2) is 37.7 Å². The summed E-state index contributed by atoms with van der Waals surface area (Å²) >= 11 is 0. The number of ether oxygens (including phenoxy) is 1. The van der Waals surface area contributed by atoms with Crippen molar-refractivity contribution < 1.29 is 19.1 Å². The molecule has 0 saturated heterocycles. The molecule has 4 amide bonds. The van der Waals surface area contributed by atoms with Gasteiger partial charge in [-0.25, -0.2) is 9.59 Å². The maximum Gasteiger partial charge on any atom is 0.407 e. The predicted molar refractivity (Wildman–Crippen MR) is 82.8 cm³/mol. The lowest BCUT2D eigenvalue weighted by Gasteiger charge is -2.10. The predicted octanol–water partition coefficient (Wildman–Crippen LogP) is 1.51. The first-order chi connectivity index (χ1) is 10.5. The van der Waals surface area contributed by atoms with Gasteiger partial charge in [-0.15, -0.1) is 0 Å². The Kier molecular flexibility index (Phi) is 7.24. The summed E-state index contributed by atoms with van der Waals surface area (Å²) in [6.07, 6.45) is -0.521. The molecule has 0 fully saturated rings. The number of hydrogen-bond acceptors (Lipinski definition) is 4. The minimum atomic E-state index is -0.521. The molecule has 0 saturated carbocycles. The van der Waals surface area contributed by atoms with Crippen molar-refractivity contribution in [3.63, 3.8) is 0 Å². The number of carbonyl (C=O) groups is 3. The molecule has 0 aromatic heterocycles. The van der Waals surface area contributed by atoms with Gasteiger partial charge in [-0.2, -0.15) is 0 Å². The van der Waals surface area contributed by atoms with Crippen molar-refractivity contribution in [2.45, 2.75) is 13.8 Å². The van der Waals surface area contributed by atoms with Gasteiger partial charge in [0.15, 0.2) is 0 Å². The number of rotatable bonds is 6. The van der Waals surface area contributed by atoms with Crippen molar-refractivity contribution in [2.75, 3.05) is 30.3 Å². The van der Waals surface area contributed by atoms with E-state index in [1.807, 2.05) is 0 Å². The van der Waals surface area contributed by atoms with Crippen LogP contribution in [0.5, 0.6) is 0 Å². The number of carbonyl (C=O) groups excluding carboxylic acids is 3. The standard InChI is InChI=1S/C14H20N4O4/c1-3-22-14(21)16-8-7-15-13(20)18-12-6-4-5-11(9-12)17-10(2)19/h4-6,9H,3,7-8H2,1-2H3,(H,16,21)(H,17,19)(H2,15,18,20). The Balaban J connectivity index is 2.33. The highest BCUT2D eigenvalue weighted by Gasteiger charge is 2.03. The molecule has 0 atom stereocenters. The van der Waals surface area contributed by atoms with E-state index < -0.39 is 12.1 Å². The minimum Gasteiger partial charge on any atom is -0.450 e. The quantitative estimate of drug-likeness (QED) is 0.597. The SMILES string of the molecule is CCOC(=O)NCCNC(=O)Nc1cccc(NC(C)=O)c1. The summed E-state index contributed by atoms with van der Waals surface area (Å²) in [5, 5.41) is 10.3. The molecule has 120 valence electrons. The van der Waals surface area contributed by atoms with Crippen LogP contribution in [0.25, 0.3) is 0 Å². The summed E-state index contributed by atoms with van der Waals surface area (Å²) in [4.78, 5) is 33.6. The van der Waals surface area contributed by atoms with Gasteiger partial charge in [0.25, 0.3) is 0 Å². The lowest BCUT2D eigenvalue weighted by atomic mass is 10.3. The fourth-order valence-corrected chi connectivity index (χ4v) is 1.58.